The molecule has 0 atom stereocenters. The van der Waals surface area contributed by atoms with Crippen LogP contribution in [0.3, 0.4) is 0 Å². The highest BCUT2D eigenvalue weighted by atomic mass is 16.3. The van der Waals surface area contributed by atoms with Crippen LogP contribution in [-0.4, -0.2) is 47.5 Å². The van der Waals surface area contributed by atoms with Gasteiger partial charge in [0.2, 0.25) is 11.1 Å². The van der Waals surface area contributed by atoms with E-state index in [1.807, 2.05) is 0 Å². The van der Waals surface area contributed by atoms with Crippen LogP contribution >= 0.6 is 0 Å². The van der Waals surface area contributed by atoms with Gasteiger partial charge in [-0.05, 0) is 0 Å². The second kappa shape index (κ2) is 3.27. The van der Waals surface area contributed by atoms with Crippen molar-refractivity contribution in [3.05, 3.63) is 4.91 Å². The molecule has 0 aromatic carbocycles. The fourth-order valence-electron chi connectivity index (χ4n) is 2.76. The molecule has 1 fully saturated rings. The molecule has 0 amide bonds. The molecule has 3 nitrogen and oxygen atoms in total. The van der Waals surface area contributed by atoms with E-state index in [-0.39, 0.29) is 11.1 Å². The second-order valence-electron chi connectivity index (χ2n) is 7.10. The minimum Gasteiger partial charge on any atom is -0.328 e. The van der Waals surface area contributed by atoms with E-state index in [1.165, 1.54) is 4.76 Å². The van der Waals surface area contributed by atoms with Crippen molar-refractivity contribution in [3.8, 4) is 0 Å². The zero-order valence-electron chi connectivity index (χ0n) is 11.3. The molecular formula is C12H26N2O+2. The summed E-state index contributed by atoms with van der Waals surface area (Å²) in [6.45, 7) is 8.24. The zero-order valence-corrected chi connectivity index (χ0v) is 11.3. The molecule has 1 saturated heterocycles. The van der Waals surface area contributed by atoms with Crippen LogP contribution in [0.1, 0.15) is 40.5 Å². The molecule has 1 rings (SSSR count). The molecule has 1 heterocycles. The lowest BCUT2D eigenvalue weighted by Crippen LogP contribution is -2.61. The molecule has 0 aliphatic carbocycles. The van der Waals surface area contributed by atoms with E-state index in [0.717, 1.165) is 17.3 Å². The van der Waals surface area contributed by atoms with Crippen molar-refractivity contribution in [2.24, 2.45) is 0 Å². The molecule has 1 aliphatic heterocycles. The molecule has 0 saturated carbocycles. The predicted octanol–water partition coefficient (Wildman–Crippen LogP) is 2.19. The largest absolute Gasteiger partial charge is 0.328 e. The highest BCUT2D eigenvalue weighted by molar-refractivity contribution is 4.86. The van der Waals surface area contributed by atoms with Crippen molar-refractivity contribution in [2.45, 2.75) is 57.7 Å². The lowest BCUT2D eigenvalue weighted by molar-refractivity contribution is -0.908. The van der Waals surface area contributed by atoms with Crippen molar-refractivity contribution in [2.75, 3.05) is 21.1 Å². The SMILES string of the molecule is CC1(C)CC([N+](C)(C)C)CC(C)(C)[N+]1=O. The third kappa shape index (κ3) is 2.39. The number of hydrogen-bond donors (Lipinski definition) is 0. The number of hydrogen-bond acceptors (Lipinski definition) is 1. The summed E-state index contributed by atoms with van der Waals surface area (Å²) in [4.78, 5) is 12.2. The first kappa shape index (κ1) is 12.6. The van der Waals surface area contributed by atoms with Crippen LogP contribution in [-0.2, 0) is 0 Å². The first-order valence-electron chi connectivity index (χ1n) is 5.75. The summed E-state index contributed by atoms with van der Waals surface area (Å²) in [6, 6.07) is 0.570. The molecule has 15 heavy (non-hydrogen) atoms. The molecule has 0 spiro atoms. The minimum absolute atomic E-state index is 0.238. The average molecular weight is 214 g/mol. The Morgan fingerprint density at radius 3 is 1.60 bits per heavy atom. The standard InChI is InChI=1S/C12H26N2O/c1-11(2)8-10(14(5,6)7)9-12(3,4)13(11)15/h10H,8-9H2,1-7H3/q+2. The Morgan fingerprint density at radius 2 is 1.33 bits per heavy atom. The summed E-state index contributed by atoms with van der Waals surface area (Å²) >= 11 is 0. The summed E-state index contributed by atoms with van der Waals surface area (Å²) in [5, 5.41) is 0. The quantitative estimate of drug-likeness (QED) is 0.484. The fourth-order valence-corrected chi connectivity index (χ4v) is 2.76. The van der Waals surface area contributed by atoms with Crippen LogP contribution in [0.25, 0.3) is 0 Å². The molecule has 88 valence electrons. The third-order valence-electron chi connectivity index (χ3n) is 3.67. The van der Waals surface area contributed by atoms with Crippen molar-refractivity contribution in [1.82, 2.24) is 0 Å². The van der Waals surface area contributed by atoms with Gasteiger partial charge in [-0.15, -0.1) is 0 Å². The van der Waals surface area contributed by atoms with Crippen molar-refractivity contribution in [3.63, 3.8) is 0 Å². The van der Waals surface area contributed by atoms with E-state index in [1.54, 1.807) is 0 Å². The summed E-state index contributed by atoms with van der Waals surface area (Å²) in [6.07, 6.45) is 1.95. The number of nitroso groups, excluding NO2 is 1. The highest BCUT2D eigenvalue weighted by Gasteiger charge is 2.56. The van der Waals surface area contributed by atoms with E-state index >= 15 is 0 Å². The molecule has 0 unspecified atom stereocenters. The van der Waals surface area contributed by atoms with Gasteiger partial charge in [0, 0.05) is 37.4 Å². The van der Waals surface area contributed by atoms with Crippen LogP contribution in [0.15, 0.2) is 0 Å². The summed E-state index contributed by atoms with van der Waals surface area (Å²) in [7, 11) is 6.66. The van der Waals surface area contributed by atoms with Gasteiger partial charge >= 0.3 is 0 Å². The van der Waals surface area contributed by atoms with Crippen molar-refractivity contribution in [1.29, 1.82) is 0 Å². The molecule has 0 aromatic heterocycles. The molecular weight excluding hydrogens is 188 g/mol. The molecule has 0 radical (unpaired) electrons. The monoisotopic (exact) mass is 214 g/mol. The molecule has 0 bridgehead atoms. The number of quaternary nitrogens is 1. The van der Waals surface area contributed by atoms with Crippen LogP contribution in [0.5, 0.6) is 0 Å². The molecule has 3 heteroatoms. The van der Waals surface area contributed by atoms with Gasteiger partial charge in [0.1, 0.15) is 6.04 Å². The first-order valence-corrected chi connectivity index (χ1v) is 5.75. The van der Waals surface area contributed by atoms with Gasteiger partial charge in [-0.25, -0.2) is 0 Å². The third-order valence-corrected chi connectivity index (χ3v) is 3.67. The minimum atomic E-state index is -0.238. The maximum Gasteiger partial charge on any atom is 0.211 e. The Balaban J connectivity index is 3.00. The van der Waals surface area contributed by atoms with Crippen LogP contribution in [0.2, 0.25) is 0 Å². The molecule has 1 aliphatic rings. The van der Waals surface area contributed by atoms with Gasteiger partial charge in [0.15, 0.2) is 0 Å². The molecule has 0 aromatic rings. The van der Waals surface area contributed by atoms with E-state index in [4.69, 9.17) is 0 Å². The van der Waals surface area contributed by atoms with Crippen LogP contribution in [0.4, 0.5) is 0 Å². The Kier molecular flexibility index (Phi) is 2.76. The van der Waals surface area contributed by atoms with Crippen molar-refractivity contribution < 1.29 is 9.24 Å². The van der Waals surface area contributed by atoms with Gasteiger partial charge < -0.3 is 4.48 Å². The summed E-state index contributed by atoms with van der Waals surface area (Å²) in [5.74, 6) is 0. The van der Waals surface area contributed by atoms with Crippen molar-refractivity contribution >= 4 is 0 Å². The summed E-state index contributed by atoms with van der Waals surface area (Å²) < 4.78 is 2.24. The topological polar surface area (TPSA) is 20.1 Å². The van der Waals surface area contributed by atoms with Gasteiger partial charge in [-0.1, -0.05) is 0 Å². The lowest BCUT2D eigenvalue weighted by atomic mass is 9.78. The Labute approximate surface area is 93.6 Å². The Bertz CT molecular complexity index is 254. The smallest absolute Gasteiger partial charge is 0.211 e. The maximum atomic E-state index is 12.2. The first-order chi connectivity index (χ1) is 6.47. The Hall–Kier alpha value is -0.440. The van der Waals surface area contributed by atoms with Crippen LogP contribution < -0.4 is 0 Å². The summed E-state index contributed by atoms with van der Waals surface area (Å²) in [5.41, 5.74) is -0.476. The van der Waals surface area contributed by atoms with E-state index in [0.29, 0.717) is 6.04 Å². The van der Waals surface area contributed by atoms with E-state index < -0.39 is 0 Å². The Morgan fingerprint density at radius 1 is 1.00 bits per heavy atom. The highest BCUT2D eigenvalue weighted by Crippen LogP contribution is 2.37. The molecule has 0 N–H and O–H groups in total. The normalized spacial score (nSPS) is 26.7. The van der Waals surface area contributed by atoms with E-state index in [9.17, 15) is 4.91 Å². The lowest BCUT2D eigenvalue weighted by Gasteiger charge is -2.43. The van der Waals surface area contributed by atoms with E-state index in [2.05, 4.69) is 48.8 Å². The van der Waals surface area contributed by atoms with Crippen LogP contribution in [0, 0.1) is 4.91 Å². The number of rotatable bonds is 1. The fraction of sp³-hybridized carbons (Fsp3) is 1.00. The predicted molar refractivity (Wildman–Crippen MR) is 62.8 cm³/mol. The average Bonchev–Trinajstić information content (AvgIpc) is 1.97. The van der Waals surface area contributed by atoms with Gasteiger partial charge in [0.25, 0.3) is 0 Å². The number of piperidine rings is 1. The second-order valence-corrected chi connectivity index (χ2v) is 7.10. The van der Waals surface area contributed by atoms with Gasteiger partial charge in [-0.3, -0.25) is 0 Å². The maximum absolute atomic E-state index is 12.2. The van der Waals surface area contributed by atoms with Gasteiger partial charge in [0.05, 0.1) is 34.0 Å². The number of nitrogens with zero attached hydrogens (tertiary/aromatic N) is 2. The van der Waals surface area contributed by atoms with Gasteiger partial charge in [-0.2, -0.15) is 0 Å². The zero-order chi connectivity index (χ0) is 12.1.